The number of H-pyrrole nitrogens is 1. The molecule has 1 aromatic heterocycles. The number of rotatable bonds is 3. The molecule has 2 aromatic rings. The lowest BCUT2D eigenvalue weighted by molar-refractivity contribution is -0.107. The third-order valence-electron chi connectivity index (χ3n) is 2.35. The Bertz CT molecular complexity index is 596. The Hall–Kier alpha value is -2.16. The lowest BCUT2D eigenvalue weighted by atomic mass is 10.1. The monoisotopic (exact) mass is 213 g/mol. The highest BCUT2D eigenvalue weighted by Gasteiger charge is 2.00. The third-order valence-corrected chi connectivity index (χ3v) is 2.35. The van der Waals surface area contributed by atoms with Crippen LogP contribution in [-0.4, -0.2) is 11.3 Å². The molecule has 0 aliphatic carbocycles. The molecule has 0 aliphatic rings. The molecule has 80 valence electrons. The number of para-hydroxylation sites is 1. The predicted octanol–water partition coefficient (Wildman–Crippen LogP) is 2.13. The fourth-order valence-corrected chi connectivity index (χ4v) is 1.62. The van der Waals surface area contributed by atoms with Crippen LogP contribution in [-0.2, 0) is 4.79 Å². The van der Waals surface area contributed by atoms with Crippen molar-refractivity contribution in [1.29, 1.82) is 0 Å². The highest BCUT2D eigenvalue weighted by molar-refractivity contribution is 5.86. The van der Waals surface area contributed by atoms with Gasteiger partial charge >= 0.3 is 0 Å². The molecule has 3 heteroatoms. The van der Waals surface area contributed by atoms with Gasteiger partial charge in [-0.05, 0) is 11.6 Å². The van der Waals surface area contributed by atoms with Gasteiger partial charge in [-0.3, -0.25) is 4.79 Å². The smallest absolute Gasteiger partial charge is 0.189 e. The summed E-state index contributed by atoms with van der Waals surface area (Å²) in [6.07, 6.45) is 6.46. The summed E-state index contributed by atoms with van der Waals surface area (Å²) in [5.74, 6) is 0. The Morgan fingerprint density at radius 3 is 2.94 bits per heavy atom. The number of benzene rings is 1. The first-order valence-electron chi connectivity index (χ1n) is 5.03. The van der Waals surface area contributed by atoms with Crippen molar-refractivity contribution < 1.29 is 4.79 Å². The number of fused-ring (bicyclic) bond motifs is 1. The number of nitrogens with one attached hydrogen (secondary N) is 1. The van der Waals surface area contributed by atoms with Crippen LogP contribution >= 0.6 is 0 Å². The van der Waals surface area contributed by atoms with Crippen LogP contribution in [0, 0.1) is 0 Å². The average molecular weight is 213 g/mol. The number of carbonyl (C=O) groups is 1. The molecular formula is C13H11NO2. The van der Waals surface area contributed by atoms with Gasteiger partial charge in [0.2, 0.25) is 0 Å². The maximum Gasteiger partial charge on any atom is 0.189 e. The molecule has 0 amide bonds. The number of pyridine rings is 1. The van der Waals surface area contributed by atoms with Gasteiger partial charge in [0.15, 0.2) is 5.43 Å². The number of carbonyl (C=O) groups excluding carboxylic acids is 1. The molecule has 0 aliphatic heterocycles. The summed E-state index contributed by atoms with van der Waals surface area (Å²) in [6.45, 7) is 0. The topological polar surface area (TPSA) is 49.9 Å². The first-order chi connectivity index (χ1) is 7.83. The highest BCUT2D eigenvalue weighted by Crippen LogP contribution is 2.14. The lowest BCUT2D eigenvalue weighted by Crippen LogP contribution is -2.00. The van der Waals surface area contributed by atoms with Crippen molar-refractivity contribution >= 4 is 23.3 Å². The van der Waals surface area contributed by atoms with Crippen LogP contribution in [0.4, 0.5) is 0 Å². The van der Waals surface area contributed by atoms with E-state index in [0.717, 1.165) is 17.4 Å². The Labute approximate surface area is 92.4 Å². The predicted molar refractivity (Wildman–Crippen MR) is 64.3 cm³/mol. The second kappa shape index (κ2) is 4.57. The van der Waals surface area contributed by atoms with E-state index in [4.69, 9.17) is 0 Å². The van der Waals surface area contributed by atoms with Crippen LogP contribution in [0.2, 0.25) is 0 Å². The maximum absolute atomic E-state index is 11.6. The minimum Gasteiger partial charge on any atom is -0.360 e. The largest absolute Gasteiger partial charge is 0.360 e. The normalized spacial score (nSPS) is 11.0. The molecule has 0 bridgehead atoms. The van der Waals surface area contributed by atoms with Gasteiger partial charge in [-0.15, -0.1) is 0 Å². The van der Waals surface area contributed by atoms with Gasteiger partial charge in [0.25, 0.3) is 0 Å². The zero-order valence-corrected chi connectivity index (χ0v) is 8.64. The fourth-order valence-electron chi connectivity index (χ4n) is 1.62. The molecule has 2 rings (SSSR count). The minimum absolute atomic E-state index is 0.000567. The molecule has 0 saturated heterocycles. The van der Waals surface area contributed by atoms with Crippen molar-refractivity contribution in [3.8, 4) is 0 Å². The number of aldehydes is 1. The summed E-state index contributed by atoms with van der Waals surface area (Å²) < 4.78 is 0. The number of hydrogen-bond acceptors (Lipinski definition) is 2. The number of allylic oxidation sites excluding steroid dienone is 1. The van der Waals surface area contributed by atoms with Crippen molar-refractivity contribution in [3.05, 3.63) is 52.3 Å². The molecule has 0 spiro atoms. The summed E-state index contributed by atoms with van der Waals surface area (Å²) in [5.41, 5.74) is 1.72. The zero-order chi connectivity index (χ0) is 11.4. The summed E-state index contributed by atoms with van der Waals surface area (Å²) >= 11 is 0. The second-order valence-corrected chi connectivity index (χ2v) is 3.42. The van der Waals surface area contributed by atoms with Gasteiger partial charge in [-0.25, -0.2) is 0 Å². The van der Waals surface area contributed by atoms with Gasteiger partial charge in [-0.1, -0.05) is 24.3 Å². The van der Waals surface area contributed by atoms with Gasteiger partial charge in [0.1, 0.15) is 6.29 Å². The summed E-state index contributed by atoms with van der Waals surface area (Å²) in [7, 11) is 0. The van der Waals surface area contributed by atoms with E-state index in [2.05, 4.69) is 4.98 Å². The fraction of sp³-hybridized carbons (Fsp3) is 0.0769. The molecular weight excluding hydrogens is 202 g/mol. The van der Waals surface area contributed by atoms with Gasteiger partial charge in [0, 0.05) is 24.1 Å². The van der Waals surface area contributed by atoms with Gasteiger partial charge in [0.05, 0.1) is 5.52 Å². The standard InChI is InChI=1S/C13H11NO2/c15-9-2-1-4-10-5-3-6-11-12(16)7-8-14-13(10)11/h1,3-9H,2H2,(H,14,16). The van der Waals surface area contributed by atoms with E-state index in [1.54, 1.807) is 18.3 Å². The quantitative estimate of drug-likeness (QED) is 0.794. The van der Waals surface area contributed by atoms with Crippen LogP contribution in [0.3, 0.4) is 0 Å². The van der Waals surface area contributed by atoms with Crippen LogP contribution in [0.15, 0.2) is 41.3 Å². The Balaban J connectivity index is 2.58. The molecule has 0 atom stereocenters. The van der Waals surface area contributed by atoms with E-state index in [-0.39, 0.29) is 5.43 Å². The van der Waals surface area contributed by atoms with E-state index in [1.165, 1.54) is 6.07 Å². The minimum atomic E-state index is -0.000567. The Kier molecular flexibility index (Phi) is 2.96. The summed E-state index contributed by atoms with van der Waals surface area (Å²) in [5, 5.41) is 0.663. The first kappa shape index (κ1) is 10.4. The maximum atomic E-state index is 11.6. The second-order valence-electron chi connectivity index (χ2n) is 3.42. The summed E-state index contributed by atoms with van der Waals surface area (Å²) in [4.78, 5) is 24.8. The van der Waals surface area contributed by atoms with E-state index in [0.29, 0.717) is 11.8 Å². The van der Waals surface area contributed by atoms with Crippen LogP contribution < -0.4 is 5.43 Å². The lowest BCUT2D eigenvalue weighted by Gasteiger charge is -2.00. The number of hydrogen-bond donors (Lipinski definition) is 1. The zero-order valence-electron chi connectivity index (χ0n) is 8.64. The first-order valence-corrected chi connectivity index (χ1v) is 5.03. The van der Waals surface area contributed by atoms with Crippen molar-refractivity contribution in [2.45, 2.75) is 6.42 Å². The van der Waals surface area contributed by atoms with E-state index in [9.17, 15) is 9.59 Å². The average Bonchev–Trinajstić information content (AvgIpc) is 2.31. The van der Waals surface area contributed by atoms with Crippen molar-refractivity contribution in [1.82, 2.24) is 4.98 Å². The SMILES string of the molecule is O=CCC=Cc1cccc2c(=O)cc[nH]c12. The molecule has 0 saturated carbocycles. The van der Waals surface area contributed by atoms with Crippen LogP contribution in [0.1, 0.15) is 12.0 Å². The molecule has 3 nitrogen and oxygen atoms in total. The molecule has 1 N–H and O–H groups in total. The molecule has 0 fully saturated rings. The highest BCUT2D eigenvalue weighted by atomic mass is 16.1. The molecule has 1 heterocycles. The van der Waals surface area contributed by atoms with Gasteiger partial charge < -0.3 is 9.78 Å². The Morgan fingerprint density at radius 2 is 2.12 bits per heavy atom. The van der Waals surface area contributed by atoms with E-state index < -0.39 is 0 Å². The van der Waals surface area contributed by atoms with Crippen molar-refractivity contribution in [3.63, 3.8) is 0 Å². The number of aromatic nitrogens is 1. The molecule has 16 heavy (non-hydrogen) atoms. The van der Waals surface area contributed by atoms with E-state index in [1.807, 2.05) is 18.2 Å². The Morgan fingerprint density at radius 1 is 1.25 bits per heavy atom. The van der Waals surface area contributed by atoms with Crippen molar-refractivity contribution in [2.24, 2.45) is 0 Å². The molecule has 0 unspecified atom stereocenters. The summed E-state index contributed by atoms with van der Waals surface area (Å²) in [6, 6.07) is 7.02. The van der Waals surface area contributed by atoms with Crippen LogP contribution in [0.25, 0.3) is 17.0 Å². The van der Waals surface area contributed by atoms with E-state index >= 15 is 0 Å². The third kappa shape index (κ3) is 1.93. The number of aromatic amines is 1. The molecule has 1 aromatic carbocycles. The van der Waals surface area contributed by atoms with Crippen LogP contribution in [0.5, 0.6) is 0 Å². The molecule has 0 radical (unpaired) electrons. The van der Waals surface area contributed by atoms with Crippen molar-refractivity contribution in [2.75, 3.05) is 0 Å². The van der Waals surface area contributed by atoms with Gasteiger partial charge in [-0.2, -0.15) is 0 Å².